The number of likely N-dealkylation sites (tertiary alicyclic amines) is 1. The van der Waals surface area contributed by atoms with Crippen LogP contribution in [0.3, 0.4) is 0 Å². The molecule has 1 aromatic rings. The third-order valence-electron chi connectivity index (χ3n) is 3.65. The van der Waals surface area contributed by atoms with Crippen LogP contribution in [0.2, 0.25) is 0 Å². The van der Waals surface area contributed by atoms with Crippen LogP contribution >= 0.6 is 0 Å². The summed E-state index contributed by atoms with van der Waals surface area (Å²) in [5.41, 5.74) is 7.36. The van der Waals surface area contributed by atoms with E-state index in [2.05, 4.69) is 5.32 Å². The first-order valence-electron chi connectivity index (χ1n) is 6.96. The Kier molecular flexibility index (Phi) is 4.74. The van der Waals surface area contributed by atoms with E-state index >= 15 is 0 Å². The molecule has 1 aliphatic heterocycles. The SMILES string of the molecule is CC(=O)NCc1ccc(C(=O)N2CCC[C@H]2CN)cc1. The molecule has 0 saturated carbocycles. The summed E-state index contributed by atoms with van der Waals surface area (Å²) in [4.78, 5) is 25.1. The summed E-state index contributed by atoms with van der Waals surface area (Å²) in [6.45, 7) is 3.28. The predicted molar refractivity (Wildman–Crippen MR) is 77.1 cm³/mol. The highest BCUT2D eigenvalue weighted by molar-refractivity contribution is 5.94. The predicted octanol–water partition coefficient (Wildman–Crippen LogP) is 0.886. The molecule has 0 spiro atoms. The number of benzene rings is 1. The first-order valence-corrected chi connectivity index (χ1v) is 6.96. The molecular weight excluding hydrogens is 254 g/mol. The van der Waals surface area contributed by atoms with Gasteiger partial charge < -0.3 is 16.0 Å². The van der Waals surface area contributed by atoms with Crippen LogP contribution in [0.1, 0.15) is 35.7 Å². The lowest BCUT2D eigenvalue weighted by Gasteiger charge is -2.23. The van der Waals surface area contributed by atoms with Gasteiger partial charge in [-0.1, -0.05) is 12.1 Å². The maximum absolute atomic E-state index is 12.4. The van der Waals surface area contributed by atoms with Gasteiger partial charge in [-0.25, -0.2) is 0 Å². The van der Waals surface area contributed by atoms with Gasteiger partial charge in [0, 0.05) is 38.2 Å². The number of rotatable bonds is 4. The molecular formula is C15H21N3O2. The topological polar surface area (TPSA) is 75.4 Å². The zero-order valence-electron chi connectivity index (χ0n) is 11.8. The molecule has 0 unspecified atom stereocenters. The molecule has 1 heterocycles. The van der Waals surface area contributed by atoms with Crippen molar-refractivity contribution in [1.29, 1.82) is 0 Å². The average Bonchev–Trinajstić information content (AvgIpc) is 2.93. The third-order valence-corrected chi connectivity index (χ3v) is 3.65. The van der Waals surface area contributed by atoms with Crippen molar-refractivity contribution in [2.45, 2.75) is 32.4 Å². The van der Waals surface area contributed by atoms with E-state index in [4.69, 9.17) is 5.73 Å². The lowest BCUT2D eigenvalue weighted by Crippen LogP contribution is -2.39. The fourth-order valence-electron chi connectivity index (χ4n) is 2.51. The van der Waals surface area contributed by atoms with E-state index in [0.717, 1.165) is 24.9 Å². The average molecular weight is 275 g/mol. The van der Waals surface area contributed by atoms with E-state index in [0.29, 0.717) is 18.7 Å². The van der Waals surface area contributed by atoms with Crippen LogP contribution in [-0.2, 0) is 11.3 Å². The molecule has 5 heteroatoms. The number of carbonyl (C=O) groups excluding carboxylic acids is 2. The van der Waals surface area contributed by atoms with Crippen LogP contribution in [0.5, 0.6) is 0 Å². The lowest BCUT2D eigenvalue weighted by molar-refractivity contribution is -0.119. The Hall–Kier alpha value is -1.88. The number of hydrogen-bond donors (Lipinski definition) is 2. The second-order valence-corrected chi connectivity index (χ2v) is 5.14. The third kappa shape index (κ3) is 3.36. The smallest absolute Gasteiger partial charge is 0.254 e. The molecule has 5 nitrogen and oxygen atoms in total. The van der Waals surface area contributed by atoms with Crippen molar-refractivity contribution in [1.82, 2.24) is 10.2 Å². The van der Waals surface area contributed by atoms with Gasteiger partial charge in [-0.3, -0.25) is 9.59 Å². The Balaban J connectivity index is 2.02. The molecule has 2 rings (SSSR count). The zero-order chi connectivity index (χ0) is 14.5. The van der Waals surface area contributed by atoms with Crippen molar-refractivity contribution >= 4 is 11.8 Å². The van der Waals surface area contributed by atoms with Crippen LogP contribution in [0.15, 0.2) is 24.3 Å². The Morgan fingerprint density at radius 3 is 2.65 bits per heavy atom. The molecule has 3 N–H and O–H groups in total. The second kappa shape index (κ2) is 6.52. The quantitative estimate of drug-likeness (QED) is 0.856. The first kappa shape index (κ1) is 14.5. The summed E-state index contributed by atoms with van der Waals surface area (Å²) in [7, 11) is 0. The van der Waals surface area contributed by atoms with Gasteiger partial charge in [0.2, 0.25) is 5.91 Å². The van der Waals surface area contributed by atoms with Crippen LogP contribution in [0.4, 0.5) is 0 Å². The Bertz CT molecular complexity index is 484. The van der Waals surface area contributed by atoms with Crippen LogP contribution < -0.4 is 11.1 Å². The van der Waals surface area contributed by atoms with E-state index in [1.165, 1.54) is 6.92 Å². The van der Waals surface area contributed by atoms with E-state index in [1.54, 1.807) is 0 Å². The van der Waals surface area contributed by atoms with Crippen molar-refractivity contribution in [3.8, 4) is 0 Å². The molecule has 2 amide bonds. The van der Waals surface area contributed by atoms with Crippen molar-refractivity contribution < 1.29 is 9.59 Å². The van der Waals surface area contributed by atoms with Gasteiger partial charge in [0.15, 0.2) is 0 Å². The maximum Gasteiger partial charge on any atom is 0.254 e. The van der Waals surface area contributed by atoms with Gasteiger partial charge in [0.1, 0.15) is 0 Å². The van der Waals surface area contributed by atoms with Crippen molar-refractivity contribution in [3.63, 3.8) is 0 Å². The number of nitrogens with zero attached hydrogens (tertiary/aromatic N) is 1. The molecule has 20 heavy (non-hydrogen) atoms. The number of carbonyl (C=O) groups is 2. The number of nitrogens with two attached hydrogens (primary N) is 1. The number of nitrogens with one attached hydrogen (secondary N) is 1. The van der Waals surface area contributed by atoms with E-state index in [-0.39, 0.29) is 17.9 Å². The summed E-state index contributed by atoms with van der Waals surface area (Å²) in [6, 6.07) is 7.53. The van der Waals surface area contributed by atoms with E-state index in [1.807, 2.05) is 29.2 Å². The highest BCUT2D eigenvalue weighted by atomic mass is 16.2. The summed E-state index contributed by atoms with van der Waals surface area (Å²) >= 11 is 0. The molecule has 0 radical (unpaired) electrons. The molecule has 1 aliphatic rings. The summed E-state index contributed by atoms with van der Waals surface area (Å²) in [5.74, 6) is -0.0166. The van der Waals surface area contributed by atoms with Gasteiger partial charge in [-0.05, 0) is 30.5 Å². The molecule has 0 bridgehead atoms. The Labute approximate surface area is 119 Å². The lowest BCUT2D eigenvalue weighted by atomic mass is 10.1. The minimum absolute atomic E-state index is 0.0454. The van der Waals surface area contributed by atoms with Crippen molar-refractivity contribution in [2.24, 2.45) is 5.73 Å². The molecule has 108 valence electrons. The fraction of sp³-hybridized carbons (Fsp3) is 0.467. The summed E-state index contributed by atoms with van der Waals surface area (Å²) < 4.78 is 0. The van der Waals surface area contributed by atoms with Crippen LogP contribution in [0.25, 0.3) is 0 Å². The first-order chi connectivity index (χ1) is 9.61. The molecule has 1 fully saturated rings. The standard InChI is InChI=1S/C15H21N3O2/c1-11(19)17-10-12-4-6-13(7-5-12)15(20)18-8-2-3-14(18)9-16/h4-7,14H,2-3,8-10,16H2,1H3,(H,17,19)/t14-/m0/s1. The van der Waals surface area contributed by atoms with Crippen LogP contribution in [0, 0.1) is 0 Å². The van der Waals surface area contributed by atoms with Crippen molar-refractivity contribution in [2.75, 3.05) is 13.1 Å². The normalized spacial score (nSPS) is 18.1. The maximum atomic E-state index is 12.4. The van der Waals surface area contributed by atoms with Gasteiger partial charge in [-0.2, -0.15) is 0 Å². The largest absolute Gasteiger partial charge is 0.352 e. The minimum Gasteiger partial charge on any atom is -0.352 e. The van der Waals surface area contributed by atoms with Gasteiger partial charge in [-0.15, -0.1) is 0 Å². The second-order valence-electron chi connectivity index (χ2n) is 5.14. The van der Waals surface area contributed by atoms with Crippen LogP contribution in [-0.4, -0.2) is 35.8 Å². The number of hydrogen-bond acceptors (Lipinski definition) is 3. The minimum atomic E-state index is -0.0620. The Morgan fingerprint density at radius 1 is 1.35 bits per heavy atom. The van der Waals surface area contributed by atoms with E-state index < -0.39 is 0 Å². The number of amides is 2. The zero-order valence-corrected chi connectivity index (χ0v) is 11.8. The highest BCUT2D eigenvalue weighted by Crippen LogP contribution is 2.19. The van der Waals surface area contributed by atoms with E-state index in [9.17, 15) is 9.59 Å². The fourth-order valence-corrected chi connectivity index (χ4v) is 2.51. The van der Waals surface area contributed by atoms with Gasteiger partial charge in [0.25, 0.3) is 5.91 Å². The molecule has 0 aromatic heterocycles. The monoisotopic (exact) mass is 275 g/mol. The molecule has 1 aromatic carbocycles. The molecule has 1 saturated heterocycles. The van der Waals surface area contributed by atoms with Gasteiger partial charge in [0.05, 0.1) is 0 Å². The van der Waals surface area contributed by atoms with Gasteiger partial charge >= 0.3 is 0 Å². The summed E-state index contributed by atoms with van der Waals surface area (Å²) in [6.07, 6.45) is 2.01. The molecule has 1 atom stereocenters. The summed E-state index contributed by atoms with van der Waals surface area (Å²) in [5, 5.41) is 2.73. The highest BCUT2D eigenvalue weighted by Gasteiger charge is 2.28. The van der Waals surface area contributed by atoms with Crippen molar-refractivity contribution in [3.05, 3.63) is 35.4 Å². The molecule has 0 aliphatic carbocycles. The Morgan fingerprint density at radius 2 is 2.05 bits per heavy atom.